The summed E-state index contributed by atoms with van der Waals surface area (Å²) >= 11 is 4.93. The Morgan fingerprint density at radius 3 is 2.67 bits per heavy atom. The van der Waals surface area contributed by atoms with Crippen LogP contribution >= 0.6 is 34.9 Å². The highest BCUT2D eigenvalue weighted by Crippen LogP contribution is 2.29. The van der Waals surface area contributed by atoms with Crippen LogP contribution in [-0.2, 0) is 4.79 Å². The van der Waals surface area contributed by atoms with Gasteiger partial charge in [0.05, 0.1) is 10.2 Å². The van der Waals surface area contributed by atoms with Crippen LogP contribution in [-0.4, -0.2) is 22.9 Å². The van der Waals surface area contributed by atoms with Gasteiger partial charge in [0.1, 0.15) is 0 Å². The fourth-order valence-corrected chi connectivity index (χ4v) is 4.45. The van der Waals surface area contributed by atoms with E-state index in [1.54, 1.807) is 23.5 Å². The van der Waals surface area contributed by atoms with Crippen LogP contribution in [0.1, 0.15) is 12.0 Å². The van der Waals surface area contributed by atoms with Gasteiger partial charge in [-0.05, 0) is 43.5 Å². The number of nitrogens with one attached hydrogen (secondary N) is 1. The average molecular weight is 375 g/mol. The number of hydrogen-bond acceptors (Lipinski definition) is 5. The van der Waals surface area contributed by atoms with Gasteiger partial charge in [-0.3, -0.25) is 4.79 Å². The van der Waals surface area contributed by atoms with Gasteiger partial charge in [0.15, 0.2) is 5.13 Å². The molecule has 0 aliphatic rings. The molecule has 2 aromatic carbocycles. The van der Waals surface area contributed by atoms with Crippen LogP contribution in [0.4, 0.5) is 5.13 Å². The number of anilines is 1. The maximum absolute atomic E-state index is 12.1. The van der Waals surface area contributed by atoms with Crippen LogP contribution in [0.25, 0.3) is 10.2 Å². The Bertz CT molecular complexity index is 843. The molecule has 0 spiro atoms. The van der Waals surface area contributed by atoms with Gasteiger partial charge in [-0.2, -0.15) is 0 Å². The van der Waals surface area contributed by atoms with Crippen molar-refractivity contribution in [3.05, 3.63) is 48.0 Å². The number of rotatable bonds is 6. The van der Waals surface area contributed by atoms with Gasteiger partial charge in [-0.1, -0.05) is 29.0 Å². The second kappa shape index (κ2) is 8.05. The Hall–Kier alpha value is -1.50. The average Bonchev–Trinajstić information content (AvgIpc) is 2.97. The van der Waals surface area contributed by atoms with E-state index >= 15 is 0 Å². The fraction of sp³-hybridized carbons (Fsp3) is 0.222. The van der Waals surface area contributed by atoms with E-state index in [4.69, 9.17) is 0 Å². The molecule has 1 heterocycles. The van der Waals surface area contributed by atoms with Gasteiger partial charge >= 0.3 is 0 Å². The number of aryl methyl sites for hydroxylation is 1. The van der Waals surface area contributed by atoms with Gasteiger partial charge in [-0.25, -0.2) is 4.98 Å². The predicted octanol–water partition coefficient (Wildman–Crippen LogP) is 5.45. The summed E-state index contributed by atoms with van der Waals surface area (Å²) in [5.74, 6) is 0.773. The van der Waals surface area contributed by atoms with Crippen molar-refractivity contribution in [2.24, 2.45) is 0 Å². The summed E-state index contributed by atoms with van der Waals surface area (Å²) in [6, 6.07) is 14.5. The number of aromatic nitrogens is 1. The summed E-state index contributed by atoms with van der Waals surface area (Å²) in [6.07, 6.45) is 2.53. The van der Waals surface area contributed by atoms with Crippen molar-refractivity contribution >= 4 is 56.1 Å². The van der Waals surface area contributed by atoms with Crippen LogP contribution in [0, 0.1) is 6.92 Å². The van der Waals surface area contributed by atoms with Crippen LogP contribution in [0.2, 0.25) is 0 Å². The van der Waals surface area contributed by atoms with Gasteiger partial charge in [-0.15, -0.1) is 23.5 Å². The van der Waals surface area contributed by atoms with Gasteiger partial charge in [0.2, 0.25) is 5.91 Å². The van der Waals surface area contributed by atoms with Crippen molar-refractivity contribution in [1.82, 2.24) is 4.98 Å². The number of nitrogens with zero attached hydrogens (tertiary/aromatic N) is 1. The lowest BCUT2D eigenvalue weighted by atomic mass is 10.2. The van der Waals surface area contributed by atoms with E-state index < -0.39 is 0 Å². The SMILES string of the molecule is CSc1ccc2nc(NC(=O)CCSc3ccc(C)cc3)sc2c1. The molecule has 0 saturated carbocycles. The van der Waals surface area contributed by atoms with Crippen molar-refractivity contribution in [2.45, 2.75) is 23.1 Å². The maximum Gasteiger partial charge on any atom is 0.226 e. The van der Waals surface area contributed by atoms with Crippen molar-refractivity contribution in [2.75, 3.05) is 17.3 Å². The number of thioether (sulfide) groups is 2. The summed E-state index contributed by atoms with van der Waals surface area (Å²) in [5.41, 5.74) is 2.18. The maximum atomic E-state index is 12.1. The zero-order valence-electron chi connectivity index (χ0n) is 13.5. The van der Waals surface area contributed by atoms with Crippen molar-refractivity contribution in [3.63, 3.8) is 0 Å². The molecule has 1 amide bonds. The summed E-state index contributed by atoms with van der Waals surface area (Å²) in [4.78, 5) is 19.0. The van der Waals surface area contributed by atoms with E-state index in [0.717, 1.165) is 16.0 Å². The first-order chi connectivity index (χ1) is 11.6. The Kier molecular flexibility index (Phi) is 5.81. The molecule has 1 N–H and O–H groups in total. The smallest absolute Gasteiger partial charge is 0.226 e. The van der Waals surface area contributed by atoms with Crippen LogP contribution in [0.3, 0.4) is 0 Å². The zero-order valence-corrected chi connectivity index (χ0v) is 16.0. The Labute approximate surface area is 154 Å². The van der Waals surface area contributed by atoms with Crippen LogP contribution < -0.4 is 5.32 Å². The molecule has 0 aliphatic heterocycles. The van der Waals surface area contributed by atoms with Gasteiger partial charge in [0.25, 0.3) is 0 Å². The molecule has 3 aromatic rings. The minimum Gasteiger partial charge on any atom is -0.302 e. The van der Waals surface area contributed by atoms with E-state index in [9.17, 15) is 4.79 Å². The second-order valence-corrected chi connectivity index (χ2v) is 8.39. The molecule has 0 bridgehead atoms. The molecular formula is C18H18N2OS3. The first-order valence-electron chi connectivity index (χ1n) is 7.58. The Morgan fingerprint density at radius 2 is 1.92 bits per heavy atom. The molecule has 3 rings (SSSR count). The normalized spacial score (nSPS) is 10.9. The number of hydrogen-bond donors (Lipinski definition) is 1. The monoisotopic (exact) mass is 374 g/mol. The quantitative estimate of drug-likeness (QED) is 0.583. The summed E-state index contributed by atoms with van der Waals surface area (Å²) in [7, 11) is 0. The number of benzene rings is 2. The predicted molar refractivity (Wildman–Crippen MR) is 107 cm³/mol. The molecular weight excluding hydrogens is 356 g/mol. The number of amides is 1. The zero-order chi connectivity index (χ0) is 16.9. The third-order valence-electron chi connectivity index (χ3n) is 3.46. The fourth-order valence-electron chi connectivity index (χ4n) is 2.16. The largest absolute Gasteiger partial charge is 0.302 e. The van der Waals surface area contributed by atoms with Gasteiger partial charge < -0.3 is 5.32 Å². The third-order valence-corrected chi connectivity index (χ3v) is 6.13. The Balaban J connectivity index is 1.53. The molecule has 6 heteroatoms. The topological polar surface area (TPSA) is 42.0 Å². The summed E-state index contributed by atoms with van der Waals surface area (Å²) in [5, 5.41) is 3.59. The highest BCUT2D eigenvalue weighted by Gasteiger charge is 2.08. The van der Waals surface area contributed by atoms with Crippen molar-refractivity contribution in [1.29, 1.82) is 0 Å². The van der Waals surface area contributed by atoms with E-state index in [2.05, 4.69) is 59.9 Å². The highest BCUT2D eigenvalue weighted by molar-refractivity contribution is 7.99. The van der Waals surface area contributed by atoms with Crippen LogP contribution in [0.15, 0.2) is 52.3 Å². The molecule has 0 saturated heterocycles. The molecule has 0 aliphatic carbocycles. The van der Waals surface area contributed by atoms with Gasteiger partial charge in [0, 0.05) is 22.0 Å². The standard InChI is InChI=1S/C18H18N2OS3/c1-12-3-5-13(6-4-12)23-10-9-17(21)20-18-19-15-8-7-14(22-2)11-16(15)24-18/h3-8,11H,9-10H2,1-2H3,(H,19,20,21). The number of thiazole rings is 1. The molecule has 1 aromatic heterocycles. The number of fused-ring (bicyclic) bond motifs is 1. The molecule has 0 unspecified atom stereocenters. The minimum absolute atomic E-state index is 0.0127. The molecule has 0 fully saturated rings. The van der Waals surface area contributed by atoms with E-state index in [1.165, 1.54) is 26.7 Å². The molecule has 0 atom stereocenters. The van der Waals surface area contributed by atoms with E-state index in [1.807, 2.05) is 6.07 Å². The Morgan fingerprint density at radius 1 is 1.17 bits per heavy atom. The first-order valence-corrected chi connectivity index (χ1v) is 10.6. The lowest BCUT2D eigenvalue weighted by Gasteiger charge is -2.02. The lowest BCUT2D eigenvalue weighted by molar-refractivity contribution is -0.115. The second-order valence-electron chi connectivity index (χ2n) is 5.31. The van der Waals surface area contributed by atoms with Crippen LogP contribution in [0.5, 0.6) is 0 Å². The summed E-state index contributed by atoms with van der Waals surface area (Å²) < 4.78 is 1.10. The third kappa shape index (κ3) is 4.53. The van der Waals surface area contributed by atoms with E-state index in [0.29, 0.717) is 11.6 Å². The first kappa shape index (κ1) is 17.3. The van der Waals surface area contributed by atoms with Crippen molar-refractivity contribution < 1.29 is 4.79 Å². The molecule has 0 radical (unpaired) electrons. The molecule has 124 valence electrons. The number of carbonyl (C=O) groups excluding carboxylic acids is 1. The summed E-state index contributed by atoms with van der Waals surface area (Å²) in [6.45, 7) is 2.07. The molecule has 24 heavy (non-hydrogen) atoms. The highest BCUT2D eigenvalue weighted by atomic mass is 32.2. The number of carbonyl (C=O) groups is 1. The molecule has 3 nitrogen and oxygen atoms in total. The van der Waals surface area contributed by atoms with Crippen molar-refractivity contribution in [3.8, 4) is 0 Å². The lowest BCUT2D eigenvalue weighted by Crippen LogP contribution is -2.11. The van der Waals surface area contributed by atoms with E-state index in [-0.39, 0.29) is 5.91 Å². The minimum atomic E-state index is 0.0127.